The van der Waals surface area contributed by atoms with Gasteiger partial charge in [0.15, 0.2) is 5.65 Å². The predicted octanol–water partition coefficient (Wildman–Crippen LogP) is 2.09. The summed E-state index contributed by atoms with van der Waals surface area (Å²) in [6.45, 7) is 1.39. The van der Waals surface area contributed by atoms with Crippen molar-refractivity contribution in [3.05, 3.63) is 70.1 Å². The number of carbonyl (C=O) groups is 2. The Hall–Kier alpha value is -4.14. The molecular formula is C20H16N4O5. The summed E-state index contributed by atoms with van der Waals surface area (Å²) in [4.78, 5) is 39.6. The first-order valence-corrected chi connectivity index (χ1v) is 8.70. The van der Waals surface area contributed by atoms with Crippen molar-refractivity contribution in [3.63, 3.8) is 0 Å². The van der Waals surface area contributed by atoms with Crippen LogP contribution in [0.2, 0.25) is 0 Å². The van der Waals surface area contributed by atoms with Gasteiger partial charge in [0.05, 0.1) is 0 Å². The topological polar surface area (TPSA) is 126 Å². The average molecular weight is 392 g/mol. The maximum atomic E-state index is 12.6. The second kappa shape index (κ2) is 7.12. The van der Waals surface area contributed by atoms with Crippen LogP contribution in [0.4, 0.5) is 0 Å². The standard InChI is InChI=1S/C20H16N4O5/c1-11-5-6-13-12(7-11)3-2-4-15(13)29-16-8-14(25)18(19-22-10-23-24(16)19)20(28)21-9-17(26)27/h2-8,10H,9H2,1H3,(H,21,28)(H,22,23)(H,26,27). The Kier molecular flexibility index (Phi) is 4.47. The van der Waals surface area contributed by atoms with Crippen LogP contribution in [0.25, 0.3) is 16.4 Å². The number of hydrogen-bond donors (Lipinski definition) is 3. The molecule has 2 aromatic carbocycles. The Labute approximate surface area is 163 Å². The SMILES string of the molecule is Cc1ccc2c(Oc3cc(=O)c(C(=O)NCC(=O)O)c4nc[nH]n34)cccc2c1. The van der Waals surface area contributed by atoms with Crippen molar-refractivity contribution in [3.8, 4) is 11.6 Å². The zero-order valence-electron chi connectivity index (χ0n) is 15.3. The second-order valence-corrected chi connectivity index (χ2v) is 6.43. The van der Waals surface area contributed by atoms with Gasteiger partial charge >= 0.3 is 5.97 Å². The quantitative estimate of drug-likeness (QED) is 0.477. The van der Waals surface area contributed by atoms with Crippen molar-refractivity contribution < 1.29 is 19.4 Å². The molecule has 146 valence electrons. The van der Waals surface area contributed by atoms with E-state index in [9.17, 15) is 14.4 Å². The van der Waals surface area contributed by atoms with Crippen LogP contribution >= 0.6 is 0 Å². The monoisotopic (exact) mass is 392 g/mol. The summed E-state index contributed by atoms with van der Waals surface area (Å²) in [7, 11) is 0. The zero-order chi connectivity index (χ0) is 20.5. The van der Waals surface area contributed by atoms with E-state index in [1.807, 2.05) is 37.3 Å². The number of carboxylic acids is 1. The highest BCUT2D eigenvalue weighted by atomic mass is 16.5. The normalized spacial score (nSPS) is 10.9. The molecule has 9 nitrogen and oxygen atoms in total. The van der Waals surface area contributed by atoms with Gasteiger partial charge in [-0.25, -0.2) is 9.50 Å². The van der Waals surface area contributed by atoms with Gasteiger partial charge in [-0.05, 0) is 18.4 Å². The number of aromatic amines is 1. The molecule has 0 aliphatic rings. The lowest BCUT2D eigenvalue weighted by Crippen LogP contribution is -2.33. The number of nitrogens with one attached hydrogen (secondary N) is 2. The smallest absolute Gasteiger partial charge is 0.322 e. The molecule has 0 saturated carbocycles. The van der Waals surface area contributed by atoms with Crippen molar-refractivity contribution in [2.24, 2.45) is 0 Å². The first-order valence-electron chi connectivity index (χ1n) is 8.70. The Morgan fingerprint density at radius 3 is 2.86 bits per heavy atom. The fraction of sp³-hybridized carbons (Fsp3) is 0.100. The van der Waals surface area contributed by atoms with Gasteiger partial charge in [0, 0.05) is 11.5 Å². The number of aliphatic carboxylic acids is 1. The number of H-pyrrole nitrogens is 1. The summed E-state index contributed by atoms with van der Waals surface area (Å²) >= 11 is 0. The number of fused-ring (bicyclic) bond motifs is 2. The van der Waals surface area contributed by atoms with Crippen LogP contribution in [0.3, 0.4) is 0 Å². The minimum Gasteiger partial charge on any atom is -0.480 e. The highest BCUT2D eigenvalue weighted by molar-refractivity contribution is 6.00. The molecule has 3 N–H and O–H groups in total. The molecule has 9 heteroatoms. The molecule has 0 radical (unpaired) electrons. The largest absolute Gasteiger partial charge is 0.480 e. The second-order valence-electron chi connectivity index (χ2n) is 6.43. The number of benzene rings is 2. The lowest BCUT2D eigenvalue weighted by molar-refractivity contribution is -0.135. The number of carbonyl (C=O) groups excluding carboxylic acids is 1. The Morgan fingerprint density at radius 1 is 1.24 bits per heavy atom. The molecule has 0 aliphatic heterocycles. The molecule has 0 atom stereocenters. The van der Waals surface area contributed by atoms with Crippen molar-refractivity contribution in [2.45, 2.75) is 6.92 Å². The molecule has 2 heterocycles. The van der Waals surface area contributed by atoms with Crippen LogP contribution in [-0.4, -0.2) is 38.1 Å². The molecule has 4 aromatic rings. The Balaban J connectivity index is 1.78. The van der Waals surface area contributed by atoms with Gasteiger partial charge in [0.25, 0.3) is 5.91 Å². The van der Waals surface area contributed by atoms with Gasteiger partial charge in [0.2, 0.25) is 11.3 Å². The maximum Gasteiger partial charge on any atom is 0.322 e. The Morgan fingerprint density at radius 2 is 2.07 bits per heavy atom. The average Bonchev–Trinajstić information content (AvgIpc) is 3.16. The fourth-order valence-electron chi connectivity index (χ4n) is 3.08. The molecule has 0 fully saturated rings. The molecule has 1 amide bonds. The van der Waals surface area contributed by atoms with Crippen LogP contribution in [0.1, 0.15) is 15.9 Å². The molecule has 0 unspecified atom stereocenters. The van der Waals surface area contributed by atoms with Gasteiger partial charge in [-0.15, -0.1) is 0 Å². The van der Waals surface area contributed by atoms with Crippen molar-refractivity contribution in [2.75, 3.05) is 6.54 Å². The minimum atomic E-state index is -1.22. The molecule has 0 aliphatic carbocycles. The highest BCUT2D eigenvalue weighted by Crippen LogP contribution is 2.30. The number of pyridine rings is 1. The maximum absolute atomic E-state index is 12.6. The van der Waals surface area contributed by atoms with E-state index in [4.69, 9.17) is 9.84 Å². The van der Waals surface area contributed by atoms with E-state index in [0.29, 0.717) is 5.75 Å². The Bertz CT molecular complexity index is 1320. The number of amides is 1. The van der Waals surface area contributed by atoms with Gasteiger partial charge in [-0.1, -0.05) is 35.9 Å². The van der Waals surface area contributed by atoms with Gasteiger partial charge in [-0.3, -0.25) is 19.5 Å². The zero-order valence-corrected chi connectivity index (χ0v) is 15.3. The van der Waals surface area contributed by atoms with Gasteiger partial charge in [0.1, 0.15) is 24.2 Å². The van der Waals surface area contributed by atoms with Crippen LogP contribution in [0.5, 0.6) is 11.6 Å². The fourth-order valence-corrected chi connectivity index (χ4v) is 3.08. The van der Waals surface area contributed by atoms with E-state index in [-0.39, 0.29) is 17.1 Å². The third-order valence-corrected chi connectivity index (χ3v) is 4.37. The first-order chi connectivity index (χ1) is 13.9. The molecule has 2 aromatic heterocycles. The molecule has 0 bridgehead atoms. The molecule has 0 saturated heterocycles. The van der Waals surface area contributed by atoms with E-state index < -0.39 is 23.9 Å². The highest BCUT2D eigenvalue weighted by Gasteiger charge is 2.20. The van der Waals surface area contributed by atoms with Crippen molar-refractivity contribution >= 4 is 28.3 Å². The van der Waals surface area contributed by atoms with E-state index in [2.05, 4.69) is 15.4 Å². The summed E-state index contributed by atoms with van der Waals surface area (Å²) in [6, 6.07) is 12.7. The lowest BCUT2D eigenvalue weighted by atomic mass is 10.1. The van der Waals surface area contributed by atoms with Crippen LogP contribution in [0.15, 0.2) is 53.6 Å². The van der Waals surface area contributed by atoms with E-state index in [1.165, 1.54) is 10.8 Å². The van der Waals surface area contributed by atoms with Crippen LogP contribution in [-0.2, 0) is 4.79 Å². The number of aromatic nitrogens is 3. The summed E-state index contributed by atoms with van der Waals surface area (Å²) in [6.07, 6.45) is 1.31. The number of hydrogen-bond acceptors (Lipinski definition) is 5. The molecule has 29 heavy (non-hydrogen) atoms. The molecule has 0 spiro atoms. The van der Waals surface area contributed by atoms with Crippen LogP contribution in [0, 0.1) is 6.92 Å². The third kappa shape index (κ3) is 3.41. The van der Waals surface area contributed by atoms with E-state index >= 15 is 0 Å². The van der Waals surface area contributed by atoms with Gasteiger partial charge in [-0.2, -0.15) is 0 Å². The third-order valence-electron chi connectivity index (χ3n) is 4.37. The summed E-state index contributed by atoms with van der Waals surface area (Å²) in [5, 5.41) is 15.5. The van der Waals surface area contributed by atoms with E-state index in [1.54, 1.807) is 6.07 Å². The predicted molar refractivity (Wildman–Crippen MR) is 105 cm³/mol. The minimum absolute atomic E-state index is 0.0338. The number of nitrogens with zero attached hydrogens (tertiary/aromatic N) is 2. The number of ether oxygens (including phenoxy) is 1. The molecular weight excluding hydrogens is 376 g/mol. The lowest BCUT2D eigenvalue weighted by Gasteiger charge is -2.12. The summed E-state index contributed by atoms with van der Waals surface area (Å²) in [5.74, 6) is -1.37. The number of carboxylic acid groups (broad SMARTS) is 1. The van der Waals surface area contributed by atoms with E-state index in [0.717, 1.165) is 22.4 Å². The molecule has 4 rings (SSSR count). The van der Waals surface area contributed by atoms with Crippen molar-refractivity contribution in [1.29, 1.82) is 0 Å². The first kappa shape index (κ1) is 18.2. The summed E-state index contributed by atoms with van der Waals surface area (Å²) in [5.41, 5.74) is 0.240. The van der Waals surface area contributed by atoms with Crippen molar-refractivity contribution in [1.82, 2.24) is 19.9 Å². The van der Waals surface area contributed by atoms with Gasteiger partial charge < -0.3 is 15.2 Å². The summed E-state index contributed by atoms with van der Waals surface area (Å²) < 4.78 is 7.33. The number of aryl methyl sites for hydroxylation is 1. The number of rotatable bonds is 5. The van der Waals surface area contributed by atoms with Crippen LogP contribution < -0.4 is 15.5 Å².